The van der Waals surface area contributed by atoms with E-state index in [2.05, 4.69) is 25.9 Å². The third-order valence-electron chi connectivity index (χ3n) is 3.41. The van der Waals surface area contributed by atoms with Gasteiger partial charge in [0.05, 0.1) is 18.8 Å². The summed E-state index contributed by atoms with van der Waals surface area (Å²) < 4.78 is 7.36. The van der Waals surface area contributed by atoms with Crippen LogP contribution in [0.2, 0.25) is 0 Å². The van der Waals surface area contributed by atoms with Gasteiger partial charge in [-0.25, -0.2) is 4.79 Å². The van der Waals surface area contributed by atoms with Crippen molar-refractivity contribution in [2.75, 3.05) is 12.3 Å². The van der Waals surface area contributed by atoms with E-state index in [1.807, 2.05) is 25.5 Å². The molecule has 6 heteroatoms. The van der Waals surface area contributed by atoms with Crippen molar-refractivity contribution in [3.05, 3.63) is 11.3 Å². The monoisotopic (exact) mass is 294 g/mol. The molecule has 6 nitrogen and oxygen atoms in total. The molecule has 1 aliphatic rings. The molecule has 2 rings (SSSR count). The number of nitrogen functional groups attached to an aromatic ring is 1. The number of hydrogen-bond acceptors (Lipinski definition) is 4. The molecule has 0 saturated carbocycles. The van der Waals surface area contributed by atoms with E-state index in [1.165, 1.54) is 0 Å². The van der Waals surface area contributed by atoms with Gasteiger partial charge in [-0.05, 0) is 26.2 Å². The van der Waals surface area contributed by atoms with Crippen LogP contribution in [0.15, 0.2) is 0 Å². The first-order chi connectivity index (χ1) is 9.49. The number of nitrogens with zero attached hydrogens (tertiary/aromatic N) is 3. The standard InChI is InChI=1S/C15H26N4O2/c1-14(2,3)11-10-9-18(13(20)21-15(4,5)6)7-8-19(10)17-12(11)16/h7-9H2,1-6H3,(H2,16,17). The molecule has 0 bridgehead atoms. The average Bonchev–Trinajstić information content (AvgIpc) is 2.60. The Hall–Kier alpha value is -1.72. The Morgan fingerprint density at radius 1 is 1.19 bits per heavy atom. The third kappa shape index (κ3) is 3.31. The Morgan fingerprint density at radius 2 is 1.81 bits per heavy atom. The number of fused-ring (bicyclic) bond motifs is 1. The zero-order valence-corrected chi connectivity index (χ0v) is 13.9. The van der Waals surface area contributed by atoms with E-state index in [0.717, 1.165) is 11.3 Å². The van der Waals surface area contributed by atoms with Crippen molar-refractivity contribution in [1.29, 1.82) is 0 Å². The summed E-state index contributed by atoms with van der Waals surface area (Å²) in [4.78, 5) is 14.0. The first-order valence-corrected chi connectivity index (χ1v) is 7.32. The number of amides is 1. The molecule has 1 aliphatic heterocycles. The minimum atomic E-state index is -0.485. The van der Waals surface area contributed by atoms with Crippen molar-refractivity contribution in [3.63, 3.8) is 0 Å². The van der Waals surface area contributed by atoms with Crippen LogP contribution in [0, 0.1) is 0 Å². The summed E-state index contributed by atoms with van der Waals surface area (Å²) in [5.41, 5.74) is 7.51. The fraction of sp³-hybridized carbons (Fsp3) is 0.733. The van der Waals surface area contributed by atoms with E-state index < -0.39 is 5.60 Å². The molecule has 21 heavy (non-hydrogen) atoms. The van der Waals surface area contributed by atoms with E-state index in [0.29, 0.717) is 25.5 Å². The van der Waals surface area contributed by atoms with Crippen LogP contribution in [-0.2, 0) is 23.2 Å². The van der Waals surface area contributed by atoms with Gasteiger partial charge < -0.3 is 15.4 Å². The molecule has 0 spiro atoms. The molecule has 2 N–H and O–H groups in total. The maximum Gasteiger partial charge on any atom is 0.410 e. The highest BCUT2D eigenvalue weighted by atomic mass is 16.6. The van der Waals surface area contributed by atoms with Crippen LogP contribution < -0.4 is 5.73 Å². The number of anilines is 1. The molecular formula is C15H26N4O2. The summed E-state index contributed by atoms with van der Waals surface area (Å²) >= 11 is 0. The molecule has 0 saturated heterocycles. The average molecular weight is 294 g/mol. The van der Waals surface area contributed by atoms with Crippen LogP contribution in [0.1, 0.15) is 52.8 Å². The van der Waals surface area contributed by atoms with Crippen molar-refractivity contribution >= 4 is 11.9 Å². The second-order valence-corrected chi connectivity index (χ2v) is 7.58. The molecule has 0 radical (unpaired) electrons. The van der Waals surface area contributed by atoms with Crippen LogP contribution >= 0.6 is 0 Å². The number of rotatable bonds is 0. The number of carbonyl (C=O) groups is 1. The molecule has 1 aromatic heterocycles. The van der Waals surface area contributed by atoms with Gasteiger partial charge in [-0.3, -0.25) is 4.68 Å². The topological polar surface area (TPSA) is 73.4 Å². The Balaban J connectivity index is 2.26. The first-order valence-electron chi connectivity index (χ1n) is 7.32. The van der Waals surface area contributed by atoms with Crippen LogP contribution in [-0.4, -0.2) is 32.9 Å². The highest BCUT2D eigenvalue weighted by molar-refractivity contribution is 5.68. The van der Waals surface area contributed by atoms with Gasteiger partial charge in [0.2, 0.25) is 0 Å². The summed E-state index contributed by atoms with van der Waals surface area (Å²) in [5.74, 6) is 0.559. The lowest BCUT2D eigenvalue weighted by Gasteiger charge is -2.32. The summed E-state index contributed by atoms with van der Waals surface area (Å²) in [5, 5.41) is 4.40. The Labute approximate surface area is 126 Å². The maximum atomic E-state index is 12.2. The maximum absolute atomic E-state index is 12.2. The predicted molar refractivity (Wildman–Crippen MR) is 82.0 cm³/mol. The van der Waals surface area contributed by atoms with Gasteiger partial charge in [-0.2, -0.15) is 5.10 Å². The molecule has 118 valence electrons. The predicted octanol–water partition coefficient (Wildman–Crippen LogP) is 2.51. The SMILES string of the molecule is CC(C)(C)OC(=O)N1CCn2nc(N)c(C(C)(C)C)c2C1. The van der Waals surface area contributed by atoms with E-state index in [1.54, 1.807) is 4.90 Å². The van der Waals surface area contributed by atoms with Gasteiger partial charge in [0.25, 0.3) is 0 Å². The zero-order valence-electron chi connectivity index (χ0n) is 13.9. The number of nitrogens with two attached hydrogens (primary N) is 1. The smallest absolute Gasteiger partial charge is 0.410 e. The normalized spacial score (nSPS) is 15.8. The van der Waals surface area contributed by atoms with E-state index in [4.69, 9.17) is 10.5 Å². The van der Waals surface area contributed by atoms with Crippen molar-refractivity contribution in [3.8, 4) is 0 Å². The van der Waals surface area contributed by atoms with E-state index >= 15 is 0 Å². The van der Waals surface area contributed by atoms with Crippen LogP contribution in [0.25, 0.3) is 0 Å². The summed E-state index contributed by atoms with van der Waals surface area (Å²) in [6, 6.07) is 0. The summed E-state index contributed by atoms with van der Waals surface area (Å²) in [6.45, 7) is 13.7. The van der Waals surface area contributed by atoms with Gasteiger partial charge >= 0.3 is 6.09 Å². The van der Waals surface area contributed by atoms with Gasteiger partial charge in [0, 0.05) is 12.1 Å². The Bertz CT molecular complexity index is 549. The fourth-order valence-electron chi connectivity index (χ4n) is 2.64. The minimum absolute atomic E-state index is 0.103. The fourth-order valence-corrected chi connectivity index (χ4v) is 2.64. The van der Waals surface area contributed by atoms with Crippen molar-refractivity contribution in [1.82, 2.24) is 14.7 Å². The van der Waals surface area contributed by atoms with E-state index in [-0.39, 0.29) is 11.5 Å². The molecule has 1 amide bonds. The van der Waals surface area contributed by atoms with Crippen LogP contribution in [0.5, 0.6) is 0 Å². The Kier molecular flexibility index (Phi) is 3.68. The summed E-state index contributed by atoms with van der Waals surface area (Å²) in [7, 11) is 0. The lowest BCUT2D eigenvalue weighted by molar-refractivity contribution is 0.0193. The lowest BCUT2D eigenvalue weighted by atomic mass is 9.86. The second-order valence-electron chi connectivity index (χ2n) is 7.58. The molecule has 1 aromatic rings. The van der Waals surface area contributed by atoms with Gasteiger partial charge in [0.1, 0.15) is 11.4 Å². The first kappa shape index (κ1) is 15.7. The zero-order chi connectivity index (χ0) is 16.0. The second kappa shape index (κ2) is 4.93. The molecule has 0 aliphatic carbocycles. The minimum Gasteiger partial charge on any atom is -0.444 e. The molecule has 0 unspecified atom stereocenters. The number of hydrogen-bond donors (Lipinski definition) is 1. The van der Waals surface area contributed by atoms with Crippen molar-refractivity contribution in [2.45, 2.75) is 65.6 Å². The molecular weight excluding hydrogens is 268 g/mol. The van der Waals surface area contributed by atoms with Gasteiger partial charge in [0.15, 0.2) is 0 Å². The van der Waals surface area contributed by atoms with Crippen molar-refractivity contribution in [2.24, 2.45) is 0 Å². The van der Waals surface area contributed by atoms with Crippen LogP contribution in [0.4, 0.5) is 10.6 Å². The van der Waals surface area contributed by atoms with Gasteiger partial charge in [-0.15, -0.1) is 0 Å². The largest absolute Gasteiger partial charge is 0.444 e. The number of aromatic nitrogens is 2. The quantitative estimate of drug-likeness (QED) is 0.798. The molecule has 2 heterocycles. The van der Waals surface area contributed by atoms with Gasteiger partial charge in [-0.1, -0.05) is 20.8 Å². The lowest BCUT2D eigenvalue weighted by Crippen LogP contribution is -2.42. The highest BCUT2D eigenvalue weighted by Gasteiger charge is 2.32. The summed E-state index contributed by atoms with van der Waals surface area (Å²) in [6.07, 6.45) is -0.284. The molecule has 0 aromatic carbocycles. The third-order valence-corrected chi connectivity index (χ3v) is 3.41. The number of ether oxygens (including phenoxy) is 1. The van der Waals surface area contributed by atoms with Crippen molar-refractivity contribution < 1.29 is 9.53 Å². The molecule has 0 fully saturated rings. The number of carbonyl (C=O) groups excluding carboxylic acids is 1. The van der Waals surface area contributed by atoms with E-state index in [9.17, 15) is 4.79 Å². The molecule has 0 atom stereocenters. The van der Waals surface area contributed by atoms with Crippen LogP contribution in [0.3, 0.4) is 0 Å². The Morgan fingerprint density at radius 3 is 2.33 bits per heavy atom. The highest BCUT2D eigenvalue weighted by Crippen LogP contribution is 2.33.